The van der Waals surface area contributed by atoms with Crippen LogP contribution in [0.4, 0.5) is 0 Å². The van der Waals surface area contributed by atoms with Crippen LogP contribution in [0, 0.1) is 17.8 Å². The molecule has 0 spiro atoms. The van der Waals surface area contributed by atoms with E-state index in [0.717, 1.165) is 30.3 Å². The van der Waals surface area contributed by atoms with Gasteiger partial charge in [0.05, 0.1) is 0 Å². The molecule has 2 heteroatoms. The third kappa shape index (κ3) is 6.23. The molecule has 5 unspecified atom stereocenters. The summed E-state index contributed by atoms with van der Waals surface area (Å²) in [4.78, 5) is 2.51. The Labute approximate surface area is 122 Å². The molecule has 5 atom stereocenters. The Morgan fingerprint density at radius 3 is 1.94 bits per heavy atom. The molecule has 0 saturated heterocycles. The van der Waals surface area contributed by atoms with E-state index in [0.29, 0.717) is 21.2 Å². The number of alkyl halides is 2. The van der Waals surface area contributed by atoms with Gasteiger partial charge in [0.2, 0.25) is 0 Å². The second-order valence-corrected chi connectivity index (χ2v) is 9.21. The van der Waals surface area contributed by atoms with Gasteiger partial charge in [0.15, 0.2) is 0 Å². The van der Waals surface area contributed by atoms with Crippen LogP contribution < -0.4 is 21.2 Å². The first-order chi connectivity index (χ1) is 8.15. The van der Waals surface area contributed by atoms with Crippen LogP contribution in [0.5, 0.6) is 0 Å². The zero-order valence-corrected chi connectivity index (χ0v) is 15.9. The van der Waals surface area contributed by atoms with Crippen molar-refractivity contribution in [2.45, 2.75) is 57.3 Å². The molecule has 0 bridgehead atoms. The number of hydrogen-bond donors (Lipinski definition) is 0. The zero-order valence-electron chi connectivity index (χ0n) is 12.7. The molecule has 0 fully saturated rings. The molecule has 0 N–H and O–H groups in total. The van der Waals surface area contributed by atoms with E-state index in [1.807, 2.05) is 0 Å². The molecular weight excluding hydrogens is 338 g/mol. The first kappa shape index (κ1) is 18.2. The van der Waals surface area contributed by atoms with Crippen LogP contribution in [0.1, 0.15) is 53.4 Å². The minimum atomic E-state index is 0.416. The van der Waals surface area contributed by atoms with Gasteiger partial charge < -0.3 is 0 Å². The van der Waals surface area contributed by atoms with E-state index >= 15 is 0 Å². The summed E-state index contributed by atoms with van der Waals surface area (Å²) in [7, 11) is 1.15. The van der Waals surface area contributed by atoms with E-state index in [-0.39, 0.29) is 0 Å². The van der Waals surface area contributed by atoms with Gasteiger partial charge in [-0.05, 0) is 0 Å². The van der Waals surface area contributed by atoms with E-state index in [1.165, 1.54) is 31.8 Å². The molecule has 0 aromatic carbocycles. The van der Waals surface area contributed by atoms with Gasteiger partial charge in [-0.15, -0.1) is 0 Å². The van der Waals surface area contributed by atoms with Crippen LogP contribution in [0.2, 0.25) is 0 Å². The van der Waals surface area contributed by atoms with Gasteiger partial charge in [0.1, 0.15) is 0 Å². The van der Waals surface area contributed by atoms with Crippen molar-refractivity contribution in [1.29, 1.82) is 0 Å². The molecule has 106 valence electrons. The molecule has 0 nitrogen and oxygen atoms in total. The van der Waals surface area contributed by atoms with Crippen LogP contribution >= 0.6 is 8.58 Å². The third-order valence-corrected chi connectivity index (χ3v) is 8.22. The van der Waals surface area contributed by atoms with Crippen molar-refractivity contribution in [2.75, 3.05) is 17.8 Å². The molecule has 0 heterocycles. The van der Waals surface area contributed by atoms with Gasteiger partial charge in [0.25, 0.3) is 0 Å². The predicted molar refractivity (Wildman–Crippen MR) is 80.5 cm³/mol. The second-order valence-electron chi connectivity index (χ2n) is 5.16. The van der Waals surface area contributed by atoms with Crippen molar-refractivity contribution in [3.8, 4) is 0 Å². The van der Waals surface area contributed by atoms with Crippen LogP contribution in [-0.4, -0.2) is 21.7 Å². The first-order valence-electron chi connectivity index (χ1n) is 7.28. The fourth-order valence-corrected chi connectivity index (χ4v) is 7.11. The number of halogens is 1. The van der Waals surface area contributed by atoms with Crippen LogP contribution in [0.3, 0.4) is 0 Å². The maximum absolute atomic E-state index is 2.51. The summed E-state index contributed by atoms with van der Waals surface area (Å²) in [5.74, 6) is 2.92. The topological polar surface area (TPSA) is 0 Å². The molecule has 0 aliphatic carbocycles. The summed E-state index contributed by atoms with van der Waals surface area (Å²) >= 11 is 0.416. The van der Waals surface area contributed by atoms with Crippen LogP contribution in [0.25, 0.3) is 0 Å². The van der Waals surface area contributed by atoms with E-state index in [9.17, 15) is 0 Å². The molecule has 0 saturated carbocycles. The van der Waals surface area contributed by atoms with Gasteiger partial charge in [-0.25, -0.2) is 0 Å². The minimum absolute atomic E-state index is 0.416. The normalized spacial score (nSPS) is 19.6. The van der Waals surface area contributed by atoms with Gasteiger partial charge >= 0.3 is 123 Å². The molecule has 0 aliphatic rings. The second kappa shape index (κ2) is 11.0. The Kier molecular flexibility index (Phi) is 11.8. The van der Waals surface area contributed by atoms with Gasteiger partial charge in [0, 0.05) is 0 Å². The average Bonchev–Trinajstić information content (AvgIpc) is 2.37. The average molecular weight is 371 g/mol. The number of rotatable bonds is 10. The van der Waals surface area contributed by atoms with Crippen molar-refractivity contribution in [3.63, 3.8) is 0 Å². The van der Waals surface area contributed by atoms with Crippen molar-refractivity contribution >= 4 is 8.58 Å². The summed E-state index contributed by atoms with van der Waals surface area (Å²) in [5.41, 5.74) is 0. The summed E-state index contributed by atoms with van der Waals surface area (Å²) in [6, 6.07) is 0. The Morgan fingerprint density at radius 2 is 1.59 bits per heavy atom. The summed E-state index contributed by atoms with van der Waals surface area (Å²) in [5, 5.41) is 0. The summed E-state index contributed by atoms with van der Waals surface area (Å²) in [6.07, 6.45) is 7.16. The predicted octanol–water partition coefficient (Wildman–Crippen LogP) is 1.87. The summed E-state index contributed by atoms with van der Waals surface area (Å²) in [6.45, 7) is 12.0. The van der Waals surface area contributed by atoms with Crippen LogP contribution in [0.15, 0.2) is 0 Å². The fourth-order valence-electron chi connectivity index (χ4n) is 3.02. The van der Waals surface area contributed by atoms with E-state index in [1.54, 1.807) is 0 Å². The standard InChI is InChI=1S/C15H33IP/c1-7-12(4)13(8-2)14(9-3)15(16-5)10-11-17-6/h12-15,17H,7-11H2,1-6H3/q-1. The first-order valence-corrected chi connectivity index (χ1v) is 12.4. The molecular formula is C15H33IP-. The van der Waals surface area contributed by atoms with E-state index < -0.39 is 0 Å². The van der Waals surface area contributed by atoms with Crippen molar-refractivity contribution in [3.05, 3.63) is 0 Å². The molecule has 0 aromatic heterocycles. The van der Waals surface area contributed by atoms with Gasteiger partial charge in [-0.1, -0.05) is 0 Å². The molecule has 0 rings (SSSR count). The summed E-state index contributed by atoms with van der Waals surface area (Å²) < 4.78 is 1.09. The van der Waals surface area contributed by atoms with Crippen molar-refractivity contribution in [1.82, 2.24) is 0 Å². The van der Waals surface area contributed by atoms with Crippen LogP contribution in [-0.2, 0) is 0 Å². The quantitative estimate of drug-likeness (QED) is 0.313. The SMILES string of the molecule is CCC(C)C(CC)C(CC)C(CCPC)[I-]C. The molecule has 0 aliphatic heterocycles. The fraction of sp³-hybridized carbons (Fsp3) is 1.00. The maximum atomic E-state index is 2.51. The van der Waals surface area contributed by atoms with Gasteiger partial charge in [-0.2, -0.15) is 0 Å². The third-order valence-electron chi connectivity index (χ3n) is 4.28. The zero-order chi connectivity index (χ0) is 13.3. The van der Waals surface area contributed by atoms with Crippen molar-refractivity contribution in [2.24, 2.45) is 17.8 Å². The van der Waals surface area contributed by atoms with Gasteiger partial charge in [-0.3, -0.25) is 0 Å². The Hall–Kier alpha value is 1.16. The number of hydrogen-bond acceptors (Lipinski definition) is 0. The Morgan fingerprint density at radius 1 is 1.00 bits per heavy atom. The Balaban J connectivity index is 4.61. The van der Waals surface area contributed by atoms with Crippen molar-refractivity contribution < 1.29 is 21.2 Å². The van der Waals surface area contributed by atoms with E-state index in [4.69, 9.17) is 0 Å². The Bertz CT molecular complexity index is 172. The van der Waals surface area contributed by atoms with E-state index in [2.05, 4.69) is 39.3 Å². The molecule has 17 heavy (non-hydrogen) atoms. The molecule has 0 aromatic rings. The molecule has 0 amide bonds. The monoisotopic (exact) mass is 371 g/mol. The molecule has 0 radical (unpaired) electrons.